The number of aliphatic hydroxyl groups excluding tert-OH is 1. The highest BCUT2D eigenvalue weighted by Gasteiger charge is 2.12. The van der Waals surface area contributed by atoms with Crippen molar-refractivity contribution in [2.75, 3.05) is 13.2 Å². The van der Waals surface area contributed by atoms with Crippen molar-refractivity contribution in [3.05, 3.63) is 40.9 Å². The number of benzene rings is 1. The van der Waals surface area contributed by atoms with Gasteiger partial charge in [-0.2, -0.15) is 0 Å². The van der Waals surface area contributed by atoms with Gasteiger partial charge in [-0.1, -0.05) is 18.2 Å². The van der Waals surface area contributed by atoms with Crippen LogP contribution in [0.2, 0.25) is 0 Å². The van der Waals surface area contributed by atoms with E-state index in [0.29, 0.717) is 15.4 Å². The van der Waals surface area contributed by atoms with E-state index in [2.05, 4.69) is 10.3 Å². The van der Waals surface area contributed by atoms with Crippen LogP contribution in [0.4, 0.5) is 0 Å². The van der Waals surface area contributed by atoms with E-state index >= 15 is 0 Å². The summed E-state index contributed by atoms with van der Waals surface area (Å²) in [5.74, 6) is -0.269. The second-order valence-electron chi connectivity index (χ2n) is 4.15. The van der Waals surface area contributed by atoms with E-state index < -0.39 is 0 Å². The van der Waals surface area contributed by atoms with Crippen molar-refractivity contribution in [3.63, 3.8) is 0 Å². The Morgan fingerprint density at radius 1 is 1.40 bits per heavy atom. The molecule has 0 aliphatic rings. The van der Waals surface area contributed by atoms with Crippen LogP contribution in [0.15, 0.2) is 30.5 Å². The lowest BCUT2D eigenvalue weighted by molar-refractivity contribution is 0.0947. The molecule has 0 aliphatic carbocycles. The van der Waals surface area contributed by atoms with Crippen molar-refractivity contribution in [1.82, 2.24) is 10.3 Å². The molecule has 0 saturated heterocycles. The number of aliphatic hydroxyl groups is 1. The van der Waals surface area contributed by atoms with Gasteiger partial charge in [0.25, 0.3) is 5.91 Å². The maximum absolute atomic E-state index is 11.7. The zero-order valence-electron chi connectivity index (χ0n) is 10.9. The van der Waals surface area contributed by atoms with E-state index in [1.807, 2.05) is 6.07 Å². The lowest BCUT2D eigenvalue weighted by Crippen LogP contribution is -2.25. The topological polar surface area (TPSA) is 79.3 Å². The van der Waals surface area contributed by atoms with Crippen molar-refractivity contribution in [3.8, 4) is 10.6 Å². The molecule has 2 N–H and O–H groups in total. The first kappa shape index (κ1) is 14.4. The van der Waals surface area contributed by atoms with Crippen LogP contribution in [0.1, 0.15) is 27.0 Å². The molecule has 0 aliphatic heterocycles. The molecular weight excluding hydrogens is 276 g/mol. The Hall–Kier alpha value is -2.05. The summed E-state index contributed by atoms with van der Waals surface area (Å²) in [6.07, 6.45) is 1.49. The van der Waals surface area contributed by atoms with E-state index in [-0.39, 0.29) is 24.8 Å². The molecule has 6 heteroatoms. The Bertz CT molecular complexity index is 637. The van der Waals surface area contributed by atoms with Gasteiger partial charge in [-0.25, -0.2) is 4.98 Å². The van der Waals surface area contributed by atoms with Gasteiger partial charge in [-0.3, -0.25) is 9.59 Å². The molecule has 1 heterocycles. The van der Waals surface area contributed by atoms with Gasteiger partial charge in [-0.15, -0.1) is 11.3 Å². The number of carbonyl (C=O) groups is 2. The maximum atomic E-state index is 11.7. The van der Waals surface area contributed by atoms with Crippen LogP contribution in [0.3, 0.4) is 0 Å². The minimum absolute atomic E-state index is 0.00989. The summed E-state index contributed by atoms with van der Waals surface area (Å²) in [5, 5.41) is 11.9. The van der Waals surface area contributed by atoms with Gasteiger partial charge in [0.2, 0.25) is 0 Å². The van der Waals surface area contributed by atoms with Crippen molar-refractivity contribution in [2.45, 2.75) is 6.92 Å². The molecule has 0 bridgehead atoms. The zero-order valence-corrected chi connectivity index (χ0v) is 11.7. The number of aromatic nitrogens is 1. The molecule has 104 valence electrons. The van der Waals surface area contributed by atoms with Crippen molar-refractivity contribution in [1.29, 1.82) is 0 Å². The minimum Gasteiger partial charge on any atom is -0.395 e. The number of rotatable bonds is 5. The van der Waals surface area contributed by atoms with Crippen LogP contribution in [-0.2, 0) is 0 Å². The van der Waals surface area contributed by atoms with Crippen LogP contribution in [0.25, 0.3) is 10.6 Å². The third kappa shape index (κ3) is 3.28. The lowest BCUT2D eigenvalue weighted by atomic mass is 10.1. The smallest absolute Gasteiger partial charge is 0.263 e. The van der Waals surface area contributed by atoms with Gasteiger partial charge < -0.3 is 10.4 Å². The molecule has 2 rings (SSSR count). The summed E-state index contributed by atoms with van der Waals surface area (Å²) in [5.41, 5.74) is 1.42. The number of amides is 1. The molecule has 5 nitrogen and oxygen atoms in total. The Balaban J connectivity index is 2.22. The summed E-state index contributed by atoms with van der Waals surface area (Å²) < 4.78 is 0. The lowest BCUT2D eigenvalue weighted by Gasteiger charge is -2.00. The van der Waals surface area contributed by atoms with E-state index in [1.54, 1.807) is 18.2 Å². The Morgan fingerprint density at radius 2 is 2.20 bits per heavy atom. The van der Waals surface area contributed by atoms with Crippen molar-refractivity contribution in [2.24, 2.45) is 0 Å². The fraction of sp³-hybridized carbons (Fsp3) is 0.214. The van der Waals surface area contributed by atoms with Crippen LogP contribution in [0, 0.1) is 0 Å². The number of hydrogen-bond acceptors (Lipinski definition) is 5. The third-order valence-corrected chi connectivity index (χ3v) is 3.69. The highest BCUT2D eigenvalue weighted by atomic mass is 32.1. The maximum Gasteiger partial charge on any atom is 0.263 e. The molecule has 1 aromatic heterocycles. The summed E-state index contributed by atoms with van der Waals surface area (Å²) in [4.78, 5) is 27.7. The van der Waals surface area contributed by atoms with Crippen LogP contribution in [-0.4, -0.2) is 34.9 Å². The van der Waals surface area contributed by atoms with Gasteiger partial charge >= 0.3 is 0 Å². The third-order valence-electron chi connectivity index (χ3n) is 2.64. The molecule has 1 aromatic carbocycles. The van der Waals surface area contributed by atoms with Gasteiger partial charge in [0.05, 0.1) is 12.8 Å². The standard InChI is InChI=1S/C14H14N2O3S/c1-9(18)10-3-2-4-11(7-10)14-16-8-12(20-14)13(19)15-5-6-17/h2-4,7-8,17H,5-6H2,1H3,(H,15,19). The fourth-order valence-electron chi connectivity index (χ4n) is 1.64. The molecule has 1 amide bonds. The summed E-state index contributed by atoms with van der Waals surface area (Å²) in [6, 6.07) is 7.14. The normalized spacial score (nSPS) is 10.3. The molecule has 0 radical (unpaired) electrons. The summed E-state index contributed by atoms with van der Waals surface area (Å²) in [7, 11) is 0. The SMILES string of the molecule is CC(=O)c1cccc(-c2ncc(C(=O)NCCO)s2)c1. The Morgan fingerprint density at radius 3 is 2.90 bits per heavy atom. The van der Waals surface area contributed by atoms with Crippen molar-refractivity contribution >= 4 is 23.0 Å². The molecule has 0 fully saturated rings. The molecule has 20 heavy (non-hydrogen) atoms. The highest BCUT2D eigenvalue weighted by molar-refractivity contribution is 7.16. The number of carbonyl (C=O) groups excluding carboxylic acids is 2. The quantitative estimate of drug-likeness (QED) is 0.822. The van der Waals surface area contributed by atoms with Gasteiger partial charge in [-0.05, 0) is 13.0 Å². The molecule has 0 unspecified atom stereocenters. The number of ketones is 1. The largest absolute Gasteiger partial charge is 0.395 e. The Kier molecular flexibility index (Phi) is 4.60. The predicted molar refractivity (Wildman–Crippen MR) is 77.0 cm³/mol. The van der Waals surface area contributed by atoms with E-state index in [1.165, 1.54) is 24.5 Å². The number of Topliss-reactive ketones (excluding diaryl/α,β-unsaturated/α-hetero) is 1. The van der Waals surface area contributed by atoms with Gasteiger partial charge in [0.1, 0.15) is 9.88 Å². The average molecular weight is 290 g/mol. The zero-order chi connectivity index (χ0) is 14.5. The minimum atomic E-state index is -0.259. The first-order chi connectivity index (χ1) is 9.61. The molecule has 0 atom stereocenters. The van der Waals surface area contributed by atoms with Gasteiger partial charge in [0, 0.05) is 17.7 Å². The number of thiazole rings is 1. The number of hydrogen-bond donors (Lipinski definition) is 2. The first-order valence-corrected chi connectivity index (χ1v) is 6.89. The van der Waals surface area contributed by atoms with E-state index in [4.69, 9.17) is 5.11 Å². The number of nitrogens with zero attached hydrogens (tertiary/aromatic N) is 1. The van der Waals surface area contributed by atoms with E-state index in [0.717, 1.165) is 5.56 Å². The fourth-order valence-corrected chi connectivity index (χ4v) is 2.47. The van der Waals surface area contributed by atoms with Crippen LogP contribution in [0.5, 0.6) is 0 Å². The van der Waals surface area contributed by atoms with Crippen molar-refractivity contribution < 1.29 is 14.7 Å². The second kappa shape index (κ2) is 6.40. The monoisotopic (exact) mass is 290 g/mol. The molecular formula is C14H14N2O3S. The first-order valence-electron chi connectivity index (χ1n) is 6.08. The Labute approximate surface area is 120 Å². The number of nitrogens with one attached hydrogen (secondary N) is 1. The highest BCUT2D eigenvalue weighted by Crippen LogP contribution is 2.25. The average Bonchev–Trinajstić information content (AvgIpc) is 2.94. The summed E-state index contributed by atoms with van der Waals surface area (Å²) >= 11 is 1.25. The molecule has 0 saturated carbocycles. The second-order valence-corrected chi connectivity index (χ2v) is 5.18. The summed E-state index contributed by atoms with van der Waals surface area (Å²) in [6.45, 7) is 1.62. The molecule has 0 spiro atoms. The predicted octanol–water partition coefficient (Wildman–Crippen LogP) is 1.73. The van der Waals surface area contributed by atoms with Crippen LogP contribution >= 0.6 is 11.3 Å². The van der Waals surface area contributed by atoms with E-state index in [9.17, 15) is 9.59 Å². The van der Waals surface area contributed by atoms with Crippen LogP contribution < -0.4 is 5.32 Å². The molecule has 2 aromatic rings. The van der Waals surface area contributed by atoms with Gasteiger partial charge in [0.15, 0.2) is 5.78 Å².